The van der Waals surface area contributed by atoms with Crippen LogP contribution in [0.1, 0.15) is 26.3 Å². The summed E-state index contributed by atoms with van der Waals surface area (Å²) < 4.78 is 65.3. The van der Waals surface area contributed by atoms with Gasteiger partial charge in [0.2, 0.25) is 10.0 Å². The highest BCUT2D eigenvalue weighted by Gasteiger charge is 2.33. The van der Waals surface area contributed by atoms with Crippen LogP contribution in [0.25, 0.3) is 11.1 Å². The van der Waals surface area contributed by atoms with E-state index >= 15 is 0 Å². The molecule has 0 spiro atoms. The van der Waals surface area contributed by atoms with Gasteiger partial charge < -0.3 is 0 Å². The van der Waals surface area contributed by atoms with Crippen LogP contribution in [0.5, 0.6) is 0 Å². The van der Waals surface area contributed by atoms with Gasteiger partial charge in [0.25, 0.3) is 0 Å². The number of halogens is 4. The minimum absolute atomic E-state index is 0.0733. The Labute approximate surface area is 149 Å². The van der Waals surface area contributed by atoms with Gasteiger partial charge in [0.05, 0.1) is 15.5 Å². The third kappa shape index (κ3) is 4.96. The van der Waals surface area contributed by atoms with Crippen molar-refractivity contribution in [3.8, 4) is 11.1 Å². The number of hydrogen-bond acceptors (Lipinski definition) is 2. The average Bonchev–Trinajstić information content (AvgIpc) is 2.43. The zero-order valence-electron chi connectivity index (χ0n) is 13.8. The van der Waals surface area contributed by atoms with Gasteiger partial charge in [-0.1, -0.05) is 29.8 Å². The van der Waals surface area contributed by atoms with Gasteiger partial charge >= 0.3 is 6.18 Å². The SMILES string of the molecule is CC(C)(C)NS(=O)(=O)c1ccc(-c2ccc(C(F)(F)F)c(Cl)c2)cc1. The number of hydrogen-bond donors (Lipinski definition) is 1. The van der Waals surface area contributed by atoms with Crippen LogP contribution < -0.4 is 4.72 Å². The summed E-state index contributed by atoms with van der Waals surface area (Å²) in [6.07, 6.45) is -4.52. The molecule has 25 heavy (non-hydrogen) atoms. The molecule has 0 heterocycles. The van der Waals surface area contributed by atoms with Crippen LogP contribution in [0.3, 0.4) is 0 Å². The Bertz CT molecular complexity index is 870. The predicted octanol–water partition coefficient (Wildman–Crippen LogP) is 5.10. The van der Waals surface area contributed by atoms with Crippen LogP contribution in [0.2, 0.25) is 5.02 Å². The molecule has 0 aromatic heterocycles. The third-order valence-electron chi connectivity index (χ3n) is 3.21. The summed E-state index contributed by atoms with van der Waals surface area (Å²) in [6.45, 7) is 5.18. The van der Waals surface area contributed by atoms with E-state index < -0.39 is 32.3 Å². The van der Waals surface area contributed by atoms with Crippen molar-refractivity contribution in [1.29, 1.82) is 0 Å². The van der Waals surface area contributed by atoms with E-state index in [9.17, 15) is 21.6 Å². The normalized spacial score (nSPS) is 13.1. The highest BCUT2D eigenvalue weighted by atomic mass is 35.5. The minimum Gasteiger partial charge on any atom is -0.207 e. The number of benzene rings is 2. The molecule has 0 aliphatic heterocycles. The van der Waals surface area contributed by atoms with Crippen LogP contribution in [0, 0.1) is 0 Å². The first-order chi connectivity index (χ1) is 11.3. The van der Waals surface area contributed by atoms with E-state index in [1.165, 1.54) is 36.4 Å². The van der Waals surface area contributed by atoms with Crippen molar-refractivity contribution in [1.82, 2.24) is 4.72 Å². The van der Waals surface area contributed by atoms with Gasteiger partial charge in [-0.05, 0) is 56.2 Å². The largest absolute Gasteiger partial charge is 0.417 e. The first kappa shape index (κ1) is 19.8. The summed E-state index contributed by atoms with van der Waals surface area (Å²) >= 11 is 5.71. The molecule has 0 saturated carbocycles. The van der Waals surface area contributed by atoms with Crippen LogP contribution in [-0.2, 0) is 16.2 Å². The van der Waals surface area contributed by atoms with Crippen LogP contribution in [-0.4, -0.2) is 14.0 Å². The maximum absolute atomic E-state index is 12.7. The van der Waals surface area contributed by atoms with Gasteiger partial charge in [-0.3, -0.25) is 0 Å². The molecule has 0 fully saturated rings. The molecule has 2 rings (SSSR count). The molecule has 2 aromatic carbocycles. The quantitative estimate of drug-likeness (QED) is 0.790. The molecule has 1 N–H and O–H groups in total. The first-order valence-electron chi connectivity index (χ1n) is 7.31. The summed E-state index contributed by atoms with van der Waals surface area (Å²) in [5, 5.41) is -0.406. The lowest BCUT2D eigenvalue weighted by atomic mass is 10.0. The lowest BCUT2D eigenvalue weighted by molar-refractivity contribution is -0.137. The summed E-state index contributed by atoms with van der Waals surface area (Å²) in [4.78, 5) is 0.0733. The first-order valence-corrected chi connectivity index (χ1v) is 9.17. The molecule has 0 bridgehead atoms. The third-order valence-corrected chi connectivity index (χ3v) is 5.30. The van der Waals surface area contributed by atoms with Crippen molar-refractivity contribution in [2.75, 3.05) is 0 Å². The fourth-order valence-electron chi connectivity index (χ4n) is 2.21. The van der Waals surface area contributed by atoms with Gasteiger partial charge in [0.15, 0.2) is 0 Å². The summed E-state index contributed by atoms with van der Waals surface area (Å²) in [7, 11) is -3.68. The molecule has 136 valence electrons. The van der Waals surface area contributed by atoms with Crippen LogP contribution in [0.15, 0.2) is 47.4 Å². The zero-order chi connectivity index (χ0) is 19.0. The van der Waals surface area contributed by atoms with E-state index in [-0.39, 0.29) is 4.90 Å². The molecular formula is C17H17ClF3NO2S. The molecule has 2 aromatic rings. The second-order valence-corrected chi connectivity index (χ2v) is 8.66. The molecule has 0 saturated heterocycles. The van der Waals surface area contributed by atoms with Crippen molar-refractivity contribution < 1.29 is 21.6 Å². The standard InChI is InChI=1S/C17H17ClF3NO2S/c1-16(2,3)22-25(23,24)13-7-4-11(5-8-13)12-6-9-14(15(18)10-12)17(19,20)21/h4-10,22H,1-3H3. The Hall–Kier alpha value is -1.57. The van der Waals surface area contributed by atoms with E-state index in [0.717, 1.165) is 6.07 Å². The smallest absolute Gasteiger partial charge is 0.207 e. The van der Waals surface area contributed by atoms with Crippen molar-refractivity contribution in [3.63, 3.8) is 0 Å². The van der Waals surface area contributed by atoms with Crippen molar-refractivity contribution in [3.05, 3.63) is 53.1 Å². The van der Waals surface area contributed by atoms with Gasteiger partial charge in [-0.15, -0.1) is 0 Å². The maximum atomic E-state index is 12.7. The second kappa shape index (κ2) is 6.63. The molecule has 0 aliphatic carbocycles. The monoisotopic (exact) mass is 391 g/mol. The summed E-state index contributed by atoms with van der Waals surface area (Å²) in [6, 6.07) is 9.26. The van der Waals surface area contributed by atoms with Crippen LogP contribution >= 0.6 is 11.6 Å². The Balaban J connectivity index is 2.34. The average molecular weight is 392 g/mol. The van der Waals surface area contributed by atoms with E-state index in [2.05, 4.69) is 4.72 Å². The van der Waals surface area contributed by atoms with Crippen LogP contribution in [0.4, 0.5) is 13.2 Å². The second-order valence-electron chi connectivity index (χ2n) is 6.57. The fourth-order valence-corrected chi connectivity index (χ4v) is 3.92. The fraction of sp³-hybridized carbons (Fsp3) is 0.294. The van der Waals surface area contributed by atoms with E-state index in [0.29, 0.717) is 11.1 Å². The van der Waals surface area contributed by atoms with E-state index in [1.807, 2.05) is 0 Å². The number of alkyl halides is 3. The topological polar surface area (TPSA) is 46.2 Å². The van der Waals surface area contributed by atoms with Gasteiger partial charge in [0.1, 0.15) is 0 Å². The predicted molar refractivity (Wildman–Crippen MR) is 92.0 cm³/mol. The Morgan fingerprint density at radius 1 is 0.920 bits per heavy atom. The number of rotatable bonds is 3. The molecule has 3 nitrogen and oxygen atoms in total. The molecule has 0 amide bonds. The van der Waals surface area contributed by atoms with Crippen molar-refractivity contribution in [2.45, 2.75) is 37.4 Å². The van der Waals surface area contributed by atoms with Crippen molar-refractivity contribution in [2.24, 2.45) is 0 Å². The Morgan fingerprint density at radius 3 is 1.88 bits per heavy atom. The molecular weight excluding hydrogens is 375 g/mol. The minimum atomic E-state index is -4.52. The van der Waals surface area contributed by atoms with Crippen molar-refractivity contribution >= 4 is 21.6 Å². The Kier molecular flexibility index (Phi) is 5.23. The number of sulfonamides is 1. The van der Waals surface area contributed by atoms with E-state index in [1.54, 1.807) is 20.8 Å². The maximum Gasteiger partial charge on any atom is 0.417 e. The van der Waals surface area contributed by atoms with E-state index in [4.69, 9.17) is 11.6 Å². The Morgan fingerprint density at radius 2 is 1.44 bits per heavy atom. The van der Waals surface area contributed by atoms with Gasteiger partial charge in [-0.25, -0.2) is 13.1 Å². The molecule has 0 atom stereocenters. The highest BCUT2D eigenvalue weighted by molar-refractivity contribution is 7.89. The molecule has 0 aliphatic rings. The molecule has 0 unspecified atom stereocenters. The van der Waals surface area contributed by atoms with Gasteiger partial charge in [-0.2, -0.15) is 13.2 Å². The highest BCUT2D eigenvalue weighted by Crippen LogP contribution is 2.36. The van der Waals surface area contributed by atoms with Gasteiger partial charge in [0, 0.05) is 5.54 Å². The number of nitrogens with one attached hydrogen (secondary N) is 1. The summed E-state index contributed by atoms with van der Waals surface area (Å²) in [5.41, 5.74) is -0.513. The summed E-state index contributed by atoms with van der Waals surface area (Å²) in [5.74, 6) is 0. The lowest BCUT2D eigenvalue weighted by Crippen LogP contribution is -2.40. The lowest BCUT2D eigenvalue weighted by Gasteiger charge is -2.20. The molecule has 8 heteroatoms. The molecule has 0 radical (unpaired) electrons. The zero-order valence-corrected chi connectivity index (χ0v) is 15.4.